The van der Waals surface area contributed by atoms with Crippen molar-refractivity contribution in [1.82, 2.24) is 5.32 Å². The van der Waals surface area contributed by atoms with Gasteiger partial charge in [-0.05, 0) is 37.1 Å². The van der Waals surface area contributed by atoms with Crippen molar-refractivity contribution in [2.45, 2.75) is 25.3 Å². The Labute approximate surface area is 96.8 Å². The van der Waals surface area contributed by atoms with E-state index in [2.05, 4.69) is 5.32 Å². The van der Waals surface area contributed by atoms with Gasteiger partial charge in [0.25, 0.3) is 0 Å². The average molecular weight is 221 g/mol. The maximum absolute atomic E-state index is 5.61. The van der Waals surface area contributed by atoms with E-state index in [1.165, 1.54) is 19.3 Å². The summed E-state index contributed by atoms with van der Waals surface area (Å²) in [7, 11) is 1.67. The second-order valence-electron chi connectivity index (χ2n) is 4.11. The second-order valence-corrected chi connectivity index (χ2v) is 4.11. The molecule has 2 rings (SSSR count). The lowest BCUT2D eigenvalue weighted by Crippen LogP contribution is -2.37. The van der Waals surface area contributed by atoms with E-state index in [9.17, 15) is 0 Å². The maximum atomic E-state index is 5.61. The lowest BCUT2D eigenvalue weighted by molar-refractivity contribution is 0.275. The molecule has 3 nitrogen and oxygen atoms in total. The predicted molar refractivity (Wildman–Crippen MR) is 64.1 cm³/mol. The normalized spacial score (nSPS) is 15.6. The lowest BCUT2D eigenvalue weighted by atomic mass is 9.93. The average Bonchev–Trinajstić information content (AvgIpc) is 2.27. The molecule has 1 N–H and O–H groups in total. The molecule has 0 aromatic heterocycles. The van der Waals surface area contributed by atoms with Crippen LogP contribution in [-0.2, 0) is 0 Å². The van der Waals surface area contributed by atoms with Gasteiger partial charge in [0.1, 0.15) is 18.1 Å². The minimum atomic E-state index is 0.725. The van der Waals surface area contributed by atoms with Gasteiger partial charge in [0.2, 0.25) is 0 Å². The summed E-state index contributed by atoms with van der Waals surface area (Å²) in [6, 6.07) is 8.42. The molecular weight excluding hydrogens is 202 g/mol. The molecule has 1 saturated carbocycles. The summed E-state index contributed by atoms with van der Waals surface area (Å²) in [5.74, 6) is 1.76. The van der Waals surface area contributed by atoms with Crippen molar-refractivity contribution < 1.29 is 9.47 Å². The van der Waals surface area contributed by atoms with Crippen LogP contribution in [0.15, 0.2) is 24.3 Å². The van der Waals surface area contributed by atoms with Crippen LogP contribution in [0.5, 0.6) is 11.5 Å². The number of methoxy groups -OCH3 is 1. The largest absolute Gasteiger partial charge is 0.497 e. The summed E-state index contributed by atoms with van der Waals surface area (Å²) in [4.78, 5) is 0. The van der Waals surface area contributed by atoms with Crippen molar-refractivity contribution in [3.8, 4) is 11.5 Å². The maximum Gasteiger partial charge on any atom is 0.119 e. The molecule has 0 aliphatic heterocycles. The number of ether oxygens (including phenoxy) is 2. The second kappa shape index (κ2) is 5.75. The third-order valence-electron chi connectivity index (χ3n) is 2.97. The standard InChI is InChI=1S/C13H19NO2/c1-15-12-5-7-13(8-6-12)16-10-9-14-11-3-2-4-11/h5-8,11,14H,2-4,9-10H2,1H3. The molecule has 1 aromatic rings. The third-order valence-corrected chi connectivity index (χ3v) is 2.97. The highest BCUT2D eigenvalue weighted by Crippen LogP contribution is 2.18. The van der Waals surface area contributed by atoms with Crippen LogP contribution >= 0.6 is 0 Å². The molecule has 0 amide bonds. The molecule has 1 aliphatic rings. The number of rotatable bonds is 6. The molecule has 16 heavy (non-hydrogen) atoms. The molecule has 1 fully saturated rings. The Balaban J connectivity index is 1.64. The first kappa shape index (κ1) is 11.3. The summed E-state index contributed by atoms with van der Waals surface area (Å²) < 4.78 is 10.7. The van der Waals surface area contributed by atoms with Crippen molar-refractivity contribution in [3.05, 3.63) is 24.3 Å². The molecular formula is C13H19NO2. The molecule has 0 bridgehead atoms. The smallest absolute Gasteiger partial charge is 0.119 e. The Morgan fingerprint density at radius 1 is 1.19 bits per heavy atom. The van der Waals surface area contributed by atoms with Gasteiger partial charge in [0, 0.05) is 12.6 Å². The number of hydrogen-bond acceptors (Lipinski definition) is 3. The number of hydrogen-bond donors (Lipinski definition) is 1. The molecule has 0 unspecified atom stereocenters. The van der Waals surface area contributed by atoms with E-state index in [0.717, 1.165) is 30.7 Å². The fourth-order valence-corrected chi connectivity index (χ4v) is 1.72. The van der Waals surface area contributed by atoms with Crippen LogP contribution in [0.3, 0.4) is 0 Å². The quantitative estimate of drug-likeness (QED) is 0.747. The summed E-state index contributed by atoms with van der Waals surface area (Å²) >= 11 is 0. The van der Waals surface area contributed by atoms with E-state index in [-0.39, 0.29) is 0 Å². The van der Waals surface area contributed by atoms with Crippen LogP contribution in [0.2, 0.25) is 0 Å². The highest BCUT2D eigenvalue weighted by molar-refractivity contribution is 5.31. The van der Waals surface area contributed by atoms with Crippen molar-refractivity contribution >= 4 is 0 Å². The Morgan fingerprint density at radius 2 is 1.88 bits per heavy atom. The van der Waals surface area contributed by atoms with Gasteiger partial charge >= 0.3 is 0 Å². The van der Waals surface area contributed by atoms with Crippen LogP contribution in [0.4, 0.5) is 0 Å². The van der Waals surface area contributed by atoms with Gasteiger partial charge in [-0.25, -0.2) is 0 Å². The first-order valence-corrected chi connectivity index (χ1v) is 5.89. The summed E-state index contributed by atoms with van der Waals surface area (Å²) in [6.45, 7) is 1.65. The SMILES string of the molecule is COc1ccc(OCCNC2CCC2)cc1. The molecule has 88 valence electrons. The van der Waals surface area contributed by atoms with Crippen molar-refractivity contribution in [2.75, 3.05) is 20.3 Å². The topological polar surface area (TPSA) is 30.5 Å². The van der Waals surface area contributed by atoms with E-state index in [1.807, 2.05) is 24.3 Å². The first-order valence-electron chi connectivity index (χ1n) is 5.89. The Morgan fingerprint density at radius 3 is 2.44 bits per heavy atom. The molecule has 0 radical (unpaired) electrons. The van der Waals surface area contributed by atoms with Crippen molar-refractivity contribution in [3.63, 3.8) is 0 Å². The summed E-state index contributed by atoms with van der Waals surface area (Å²) in [6.07, 6.45) is 4.02. The summed E-state index contributed by atoms with van der Waals surface area (Å²) in [5, 5.41) is 3.46. The highest BCUT2D eigenvalue weighted by atomic mass is 16.5. The van der Waals surface area contributed by atoms with Gasteiger partial charge in [-0.1, -0.05) is 6.42 Å². The van der Waals surface area contributed by atoms with E-state index >= 15 is 0 Å². The van der Waals surface area contributed by atoms with Crippen LogP contribution in [0.25, 0.3) is 0 Å². The molecule has 0 saturated heterocycles. The first-order chi connectivity index (χ1) is 7.88. The van der Waals surface area contributed by atoms with E-state index in [0.29, 0.717) is 0 Å². The summed E-state index contributed by atoms with van der Waals surface area (Å²) in [5.41, 5.74) is 0. The molecule has 0 spiro atoms. The van der Waals surface area contributed by atoms with Gasteiger partial charge in [-0.2, -0.15) is 0 Å². The van der Waals surface area contributed by atoms with Crippen LogP contribution in [-0.4, -0.2) is 26.3 Å². The van der Waals surface area contributed by atoms with E-state index < -0.39 is 0 Å². The third kappa shape index (κ3) is 3.14. The predicted octanol–water partition coefficient (Wildman–Crippen LogP) is 2.22. The van der Waals surface area contributed by atoms with Gasteiger partial charge in [-0.15, -0.1) is 0 Å². The van der Waals surface area contributed by atoms with Gasteiger partial charge in [0.15, 0.2) is 0 Å². The Hall–Kier alpha value is -1.22. The lowest BCUT2D eigenvalue weighted by Gasteiger charge is -2.26. The minimum Gasteiger partial charge on any atom is -0.497 e. The molecule has 1 aliphatic carbocycles. The van der Waals surface area contributed by atoms with Gasteiger partial charge < -0.3 is 14.8 Å². The molecule has 0 heterocycles. The van der Waals surface area contributed by atoms with Gasteiger partial charge in [0.05, 0.1) is 7.11 Å². The monoisotopic (exact) mass is 221 g/mol. The number of nitrogens with one attached hydrogen (secondary N) is 1. The van der Waals surface area contributed by atoms with E-state index in [4.69, 9.17) is 9.47 Å². The highest BCUT2D eigenvalue weighted by Gasteiger charge is 2.15. The zero-order valence-corrected chi connectivity index (χ0v) is 9.74. The zero-order valence-electron chi connectivity index (χ0n) is 9.74. The Kier molecular flexibility index (Phi) is 4.05. The number of benzene rings is 1. The molecule has 0 atom stereocenters. The zero-order chi connectivity index (χ0) is 11.2. The van der Waals surface area contributed by atoms with Crippen LogP contribution in [0.1, 0.15) is 19.3 Å². The van der Waals surface area contributed by atoms with Crippen LogP contribution in [0, 0.1) is 0 Å². The van der Waals surface area contributed by atoms with Gasteiger partial charge in [-0.3, -0.25) is 0 Å². The van der Waals surface area contributed by atoms with Crippen LogP contribution < -0.4 is 14.8 Å². The fraction of sp³-hybridized carbons (Fsp3) is 0.538. The molecule has 1 aromatic carbocycles. The van der Waals surface area contributed by atoms with Crippen molar-refractivity contribution in [2.24, 2.45) is 0 Å². The fourth-order valence-electron chi connectivity index (χ4n) is 1.72. The minimum absolute atomic E-state index is 0.725. The molecule has 3 heteroatoms. The van der Waals surface area contributed by atoms with Crippen molar-refractivity contribution in [1.29, 1.82) is 0 Å². The van der Waals surface area contributed by atoms with E-state index in [1.54, 1.807) is 7.11 Å². The Bertz CT molecular complexity index is 306.